The molecule has 1 atom stereocenters. The second-order valence-electron chi connectivity index (χ2n) is 5.99. The summed E-state index contributed by atoms with van der Waals surface area (Å²) in [6.45, 7) is 6.58. The predicted octanol–water partition coefficient (Wildman–Crippen LogP) is 2.50. The summed E-state index contributed by atoms with van der Waals surface area (Å²) in [4.78, 5) is 12.3. The first-order valence-corrected chi connectivity index (χ1v) is 7.95. The number of hydrogen-bond acceptors (Lipinski definition) is 3. The maximum atomic E-state index is 12.3. The maximum Gasteiger partial charge on any atom is 0.251 e. The van der Waals surface area contributed by atoms with Crippen molar-refractivity contribution < 1.29 is 4.79 Å². The van der Waals surface area contributed by atoms with Gasteiger partial charge in [-0.1, -0.05) is 0 Å². The number of rotatable bonds is 5. The largest absolute Gasteiger partial charge is 0.348 e. The van der Waals surface area contributed by atoms with Crippen LogP contribution in [0.3, 0.4) is 0 Å². The third-order valence-electron chi connectivity index (χ3n) is 3.78. The van der Waals surface area contributed by atoms with E-state index in [9.17, 15) is 4.79 Å². The number of aromatic nitrogens is 4. The van der Waals surface area contributed by atoms with Crippen LogP contribution in [0.15, 0.2) is 48.8 Å². The molecule has 2 heterocycles. The highest BCUT2D eigenvalue weighted by Gasteiger charge is 2.11. The molecule has 1 aromatic carbocycles. The molecule has 2 aromatic heterocycles. The van der Waals surface area contributed by atoms with E-state index in [0.717, 1.165) is 17.1 Å². The molecule has 124 valence electrons. The fraction of sp³-hybridized carbons (Fsp3) is 0.278. The highest BCUT2D eigenvalue weighted by molar-refractivity contribution is 5.94. The zero-order valence-corrected chi connectivity index (χ0v) is 14.1. The average Bonchev–Trinajstić information content (AvgIpc) is 3.16. The summed E-state index contributed by atoms with van der Waals surface area (Å²) < 4.78 is 3.67. The van der Waals surface area contributed by atoms with E-state index in [1.807, 2.05) is 68.0 Å². The average molecular weight is 323 g/mol. The Kier molecular flexibility index (Phi) is 4.46. The number of amides is 1. The Morgan fingerprint density at radius 3 is 2.58 bits per heavy atom. The zero-order chi connectivity index (χ0) is 17.1. The minimum Gasteiger partial charge on any atom is -0.348 e. The molecule has 0 saturated heterocycles. The van der Waals surface area contributed by atoms with Gasteiger partial charge in [-0.15, -0.1) is 0 Å². The molecule has 6 heteroatoms. The number of carbonyl (C=O) groups is 1. The summed E-state index contributed by atoms with van der Waals surface area (Å²) in [7, 11) is 0. The predicted molar refractivity (Wildman–Crippen MR) is 92.2 cm³/mol. The maximum absolute atomic E-state index is 12.3. The third-order valence-corrected chi connectivity index (χ3v) is 3.78. The van der Waals surface area contributed by atoms with Gasteiger partial charge in [0, 0.05) is 29.7 Å². The van der Waals surface area contributed by atoms with Crippen molar-refractivity contribution in [1.29, 1.82) is 0 Å². The van der Waals surface area contributed by atoms with Crippen LogP contribution in [0.5, 0.6) is 0 Å². The molecule has 0 saturated carbocycles. The first kappa shape index (κ1) is 16.0. The van der Waals surface area contributed by atoms with E-state index >= 15 is 0 Å². The Bertz CT molecular complexity index is 818. The van der Waals surface area contributed by atoms with E-state index < -0.39 is 0 Å². The van der Waals surface area contributed by atoms with Gasteiger partial charge in [0.1, 0.15) is 0 Å². The van der Waals surface area contributed by atoms with Gasteiger partial charge in [0.2, 0.25) is 0 Å². The molecule has 0 unspecified atom stereocenters. The van der Waals surface area contributed by atoms with Crippen molar-refractivity contribution in [2.75, 3.05) is 0 Å². The van der Waals surface area contributed by atoms with E-state index in [1.54, 1.807) is 10.9 Å². The minimum atomic E-state index is -0.0884. The highest BCUT2D eigenvalue weighted by atomic mass is 16.1. The molecule has 0 radical (unpaired) electrons. The second kappa shape index (κ2) is 6.70. The van der Waals surface area contributed by atoms with Crippen LogP contribution in [0.1, 0.15) is 28.7 Å². The second-order valence-corrected chi connectivity index (χ2v) is 5.99. The van der Waals surface area contributed by atoms with Crippen molar-refractivity contribution in [2.45, 2.75) is 33.4 Å². The normalized spacial score (nSPS) is 12.1. The lowest BCUT2D eigenvalue weighted by molar-refractivity contribution is 0.0936. The lowest BCUT2D eigenvalue weighted by Crippen LogP contribution is -2.35. The van der Waals surface area contributed by atoms with E-state index in [2.05, 4.69) is 15.5 Å². The molecule has 1 N–H and O–H groups in total. The van der Waals surface area contributed by atoms with E-state index in [4.69, 9.17) is 0 Å². The van der Waals surface area contributed by atoms with E-state index in [1.165, 1.54) is 0 Å². The monoisotopic (exact) mass is 323 g/mol. The standard InChI is InChI=1S/C18H21N5O/c1-13-11-15(3)23(21-13)17-7-5-16(6-8-17)18(24)20-14(2)12-22-10-4-9-19-22/h4-11,14H,12H2,1-3H3,(H,20,24)/t14-/m0/s1. The number of carbonyl (C=O) groups excluding carboxylic acids is 1. The summed E-state index contributed by atoms with van der Waals surface area (Å²) in [6, 6.07) is 11.3. The fourth-order valence-corrected chi connectivity index (χ4v) is 2.69. The van der Waals surface area contributed by atoms with Crippen LogP contribution < -0.4 is 5.32 Å². The lowest BCUT2D eigenvalue weighted by atomic mass is 10.2. The Balaban J connectivity index is 1.66. The van der Waals surface area contributed by atoms with Gasteiger partial charge in [0.05, 0.1) is 17.9 Å². The van der Waals surface area contributed by atoms with Crippen LogP contribution in [0.4, 0.5) is 0 Å². The molecule has 6 nitrogen and oxygen atoms in total. The van der Waals surface area contributed by atoms with Gasteiger partial charge >= 0.3 is 0 Å². The molecule has 0 spiro atoms. The number of benzene rings is 1. The number of nitrogens with one attached hydrogen (secondary N) is 1. The Hall–Kier alpha value is -2.89. The molecular formula is C18H21N5O. The van der Waals surface area contributed by atoms with Gasteiger partial charge in [-0.3, -0.25) is 9.48 Å². The van der Waals surface area contributed by atoms with Crippen molar-refractivity contribution >= 4 is 5.91 Å². The quantitative estimate of drug-likeness (QED) is 0.784. The summed E-state index contributed by atoms with van der Waals surface area (Å²) in [5.74, 6) is -0.0884. The van der Waals surface area contributed by atoms with E-state index in [-0.39, 0.29) is 11.9 Å². The van der Waals surface area contributed by atoms with Crippen molar-refractivity contribution in [3.05, 3.63) is 65.7 Å². The Labute approximate surface area is 141 Å². The van der Waals surface area contributed by atoms with Crippen LogP contribution >= 0.6 is 0 Å². The topological polar surface area (TPSA) is 64.7 Å². The van der Waals surface area contributed by atoms with Gasteiger partial charge in [0.15, 0.2) is 0 Å². The summed E-state index contributed by atoms with van der Waals surface area (Å²) >= 11 is 0. The lowest BCUT2D eigenvalue weighted by Gasteiger charge is -2.14. The molecular weight excluding hydrogens is 302 g/mol. The number of hydrogen-bond donors (Lipinski definition) is 1. The highest BCUT2D eigenvalue weighted by Crippen LogP contribution is 2.13. The number of nitrogens with zero attached hydrogens (tertiary/aromatic N) is 4. The Morgan fingerprint density at radius 1 is 1.25 bits per heavy atom. The van der Waals surface area contributed by atoms with Gasteiger partial charge in [-0.05, 0) is 57.2 Å². The zero-order valence-electron chi connectivity index (χ0n) is 14.1. The van der Waals surface area contributed by atoms with Gasteiger partial charge in [-0.2, -0.15) is 10.2 Å². The first-order valence-electron chi connectivity index (χ1n) is 7.95. The smallest absolute Gasteiger partial charge is 0.251 e. The van der Waals surface area contributed by atoms with Gasteiger partial charge in [-0.25, -0.2) is 4.68 Å². The summed E-state index contributed by atoms with van der Waals surface area (Å²) in [6.07, 6.45) is 3.61. The van der Waals surface area contributed by atoms with Crippen LogP contribution in [-0.2, 0) is 6.54 Å². The first-order chi connectivity index (χ1) is 11.5. The third kappa shape index (κ3) is 3.53. The van der Waals surface area contributed by atoms with Crippen LogP contribution in [-0.4, -0.2) is 31.5 Å². The van der Waals surface area contributed by atoms with Crippen LogP contribution in [0.25, 0.3) is 5.69 Å². The van der Waals surface area contributed by atoms with Crippen molar-refractivity contribution in [3.63, 3.8) is 0 Å². The number of aryl methyl sites for hydroxylation is 2. The molecule has 0 bridgehead atoms. The molecule has 1 amide bonds. The minimum absolute atomic E-state index is 0.00640. The van der Waals surface area contributed by atoms with E-state index in [0.29, 0.717) is 12.1 Å². The van der Waals surface area contributed by atoms with Gasteiger partial charge < -0.3 is 5.32 Å². The fourth-order valence-electron chi connectivity index (χ4n) is 2.69. The van der Waals surface area contributed by atoms with Crippen LogP contribution in [0, 0.1) is 13.8 Å². The summed E-state index contributed by atoms with van der Waals surface area (Å²) in [5.41, 5.74) is 3.62. The molecule has 0 aliphatic carbocycles. The SMILES string of the molecule is Cc1cc(C)n(-c2ccc(C(=O)N[C@@H](C)Cn3cccn3)cc2)n1. The van der Waals surface area contributed by atoms with Crippen molar-refractivity contribution in [3.8, 4) is 5.69 Å². The van der Waals surface area contributed by atoms with Crippen molar-refractivity contribution in [2.24, 2.45) is 0 Å². The van der Waals surface area contributed by atoms with Gasteiger partial charge in [0.25, 0.3) is 5.91 Å². The molecule has 0 aliphatic rings. The molecule has 0 fully saturated rings. The molecule has 0 aliphatic heterocycles. The summed E-state index contributed by atoms with van der Waals surface area (Å²) in [5, 5.41) is 11.6. The Morgan fingerprint density at radius 2 is 2.00 bits per heavy atom. The molecule has 24 heavy (non-hydrogen) atoms. The van der Waals surface area contributed by atoms with Crippen LogP contribution in [0.2, 0.25) is 0 Å². The molecule has 3 aromatic rings. The van der Waals surface area contributed by atoms with Crippen molar-refractivity contribution in [1.82, 2.24) is 24.9 Å². The molecule has 3 rings (SSSR count).